The van der Waals surface area contributed by atoms with E-state index in [4.69, 9.17) is 15.6 Å². The Hall–Kier alpha value is -1.71. The highest BCUT2D eigenvalue weighted by Gasteiger charge is 2.30. The van der Waals surface area contributed by atoms with E-state index in [-0.39, 0.29) is 17.8 Å². The molecule has 0 aromatic carbocycles. The molecule has 68 valence electrons. The van der Waals surface area contributed by atoms with Crippen LogP contribution >= 0.6 is 0 Å². The molecule has 3 N–H and O–H groups in total. The average Bonchev–Trinajstić information content (AvgIpc) is 2.46. The topological polar surface area (TPSA) is 72.6 Å². The van der Waals surface area contributed by atoms with E-state index in [9.17, 15) is 4.79 Å². The van der Waals surface area contributed by atoms with Crippen molar-refractivity contribution in [2.24, 2.45) is 11.7 Å². The van der Waals surface area contributed by atoms with Gasteiger partial charge in [-0.1, -0.05) is 6.08 Å². The van der Waals surface area contributed by atoms with Crippen LogP contribution in [0.1, 0.15) is 0 Å². The molecule has 1 heterocycles. The van der Waals surface area contributed by atoms with Gasteiger partial charge in [-0.3, -0.25) is 0 Å². The SMILES string of the molecule is NC1=CC2C=C(C(=O)O)OC2C=C1. The van der Waals surface area contributed by atoms with Crippen molar-refractivity contribution in [3.05, 3.63) is 35.8 Å². The first-order chi connectivity index (χ1) is 6.16. The summed E-state index contributed by atoms with van der Waals surface area (Å²) in [5.41, 5.74) is 6.20. The smallest absolute Gasteiger partial charge is 0.370 e. The molecule has 1 aliphatic carbocycles. The Bertz CT molecular complexity index is 341. The van der Waals surface area contributed by atoms with Gasteiger partial charge in [-0.15, -0.1) is 0 Å². The van der Waals surface area contributed by atoms with Gasteiger partial charge in [0.05, 0.1) is 0 Å². The zero-order chi connectivity index (χ0) is 9.42. The van der Waals surface area contributed by atoms with Gasteiger partial charge < -0.3 is 15.6 Å². The molecule has 0 saturated heterocycles. The Morgan fingerprint density at radius 2 is 2.31 bits per heavy atom. The Balaban J connectivity index is 2.24. The van der Waals surface area contributed by atoms with Crippen molar-refractivity contribution in [3.63, 3.8) is 0 Å². The van der Waals surface area contributed by atoms with Crippen LogP contribution in [0, 0.1) is 5.92 Å². The number of carboxylic acid groups (broad SMARTS) is 1. The van der Waals surface area contributed by atoms with Crippen LogP contribution in [-0.2, 0) is 9.53 Å². The molecule has 2 unspecified atom stereocenters. The minimum Gasteiger partial charge on any atom is -0.478 e. The largest absolute Gasteiger partial charge is 0.478 e. The molecule has 13 heavy (non-hydrogen) atoms. The lowest BCUT2D eigenvalue weighted by Gasteiger charge is -2.15. The van der Waals surface area contributed by atoms with Crippen LogP contribution in [0.2, 0.25) is 0 Å². The molecule has 0 aromatic rings. The summed E-state index contributed by atoms with van der Waals surface area (Å²) in [6.45, 7) is 0. The second kappa shape index (κ2) is 2.65. The molecule has 0 radical (unpaired) electrons. The van der Waals surface area contributed by atoms with Crippen LogP contribution in [0.5, 0.6) is 0 Å². The number of rotatable bonds is 1. The zero-order valence-electron chi connectivity index (χ0n) is 6.81. The van der Waals surface area contributed by atoms with Gasteiger partial charge in [0.25, 0.3) is 0 Å². The molecular weight excluding hydrogens is 170 g/mol. The lowest BCUT2D eigenvalue weighted by molar-refractivity contribution is -0.136. The summed E-state index contributed by atoms with van der Waals surface area (Å²) in [7, 11) is 0. The zero-order valence-corrected chi connectivity index (χ0v) is 6.81. The van der Waals surface area contributed by atoms with Gasteiger partial charge >= 0.3 is 5.97 Å². The van der Waals surface area contributed by atoms with Crippen molar-refractivity contribution in [1.29, 1.82) is 0 Å². The number of allylic oxidation sites excluding steroid dienone is 1. The molecule has 4 nitrogen and oxygen atoms in total. The molecular formula is C9H9NO3. The molecule has 0 aromatic heterocycles. The van der Waals surface area contributed by atoms with Crippen molar-refractivity contribution >= 4 is 5.97 Å². The van der Waals surface area contributed by atoms with Crippen molar-refractivity contribution in [2.75, 3.05) is 0 Å². The van der Waals surface area contributed by atoms with E-state index in [0.29, 0.717) is 5.70 Å². The summed E-state index contributed by atoms with van der Waals surface area (Å²) in [5, 5.41) is 8.66. The summed E-state index contributed by atoms with van der Waals surface area (Å²) in [5.74, 6) is -1.06. The third kappa shape index (κ3) is 1.30. The van der Waals surface area contributed by atoms with Crippen molar-refractivity contribution in [3.8, 4) is 0 Å². The van der Waals surface area contributed by atoms with E-state index in [2.05, 4.69) is 0 Å². The van der Waals surface area contributed by atoms with Gasteiger partial charge in [0.2, 0.25) is 5.76 Å². The average molecular weight is 179 g/mol. The number of fused-ring (bicyclic) bond motifs is 1. The van der Waals surface area contributed by atoms with Gasteiger partial charge in [-0.2, -0.15) is 0 Å². The van der Waals surface area contributed by atoms with Crippen molar-refractivity contribution in [1.82, 2.24) is 0 Å². The van der Waals surface area contributed by atoms with Crippen molar-refractivity contribution in [2.45, 2.75) is 6.10 Å². The lowest BCUT2D eigenvalue weighted by atomic mass is 9.97. The Morgan fingerprint density at radius 1 is 1.54 bits per heavy atom. The summed E-state index contributed by atoms with van der Waals surface area (Å²) in [6, 6.07) is 0. The highest BCUT2D eigenvalue weighted by atomic mass is 16.5. The van der Waals surface area contributed by atoms with Crippen LogP contribution in [0.25, 0.3) is 0 Å². The Morgan fingerprint density at radius 3 is 3.00 bits per heavy atom. The predicted octanol–water partition coefficient (Wildman–Crippen LogP) is 0.382. The van der Waals surface area contributed by atoms with Crippen LogP contribution in [-0.4, -0.2) is 17.2 Å². The predicted molar refractivity (Wildman–Crippen MR) is 45.5 cm³/mol. The monoisotopic (exact) mass is 179 g/mol. The molecule has 2 aliphatic rings. The summed E-state index contributed by atoms with van der Waals surface area (Å²) >= 11 is 0. The van der Waals surface area contributed by atoms with E-state index >= 15 is 0 Å². The van der Waals surface area contributed by atoms with Crippen LogP contribution < -0.4 is 5.73 Å². The maximum atomic E-state index is 10.6. The number of aliphatic carboxylic acids is 1. The summed E-state index contributed by atoms with van der Waals surface area (Å²) in [4.78, 5) is 10.6. The van der Waals surface area contributed by atoms with Gasteiger partial charge in [0.1, 0.15) is 6.10 Å². The molecule has 0 amide bonds. The fourth-order valence-corrected chi connectivity index (χ4v) is 1.45. The molecule has 0 fully saturated rings. The molecule has 0 bridgehead atoms. The maximum absolute atomic E-state index is 10.6. The molecule has 0 saturated carbocycles. The second-order valence-corrected chi connectivity index (χ2v) is 3.02. The van der Waals surface area contributed by atoms with Gasteiger partial charge in [0, 0.05) is 11.6 Å². The highest BCUT2D eigenvalue weighted by Crippen LogP contribution is 2.28. The van der Waals surface area contributed by atoms with Crippen LogP contribution in [0.4, 0.5) is 0 Å². The normalized spacial score (nSPS) is 30.2. The minimum absolute atomic E-state index is 0.00519. The van der Waals surface area contributed by atoms with Crippen LogP contribution in [0.15, 0.2) is 35.8 Å². The van der Waals surface area contributed by atoms with Crippen LogP contribution in [0.3, 0.4) is 0 Å². The first kappa shape index (κ1) is 7.91. The summed E-state index contributed by atoms with van der Waals surface area (Å²) in [6.07, 6.45) is 6.66. The quantitative estimate of drug-likeness (QED) is 0.610. The van der Waals surface area contributed by atoms with Gasteiger partial charge in [0.15, 0.2) is 0 Å². The second-order valence-electron chi connectivity index (χ2n) is 3.02. The number of ether oxygens (including phenoxy) is 1. The summed E-state index contributed by atoms with van der Waals surface area (Å²) < 4.78 is 5.15. The van der Waals surface area contributed by atoms with Gasteiger partial charge in [-0.25, -0.2) is 4.79 Å². The fourth-order valence-electron chi connectivity index (χ4n) is 1.45. The van der Waals surface area contributed by atoms with E-state index in [0.717, 1.165) is 0 Å². The first-order valence-electron chi connectivity index (χ1n) is 3.94. The Labute approximate surface area is 75.0 Å². The third-order valence-electron chi connectivity index (χ3n) is 2.06. The van der Waals surface area contributed by atoms with E-state index in [1.165, 1.54) is 0 Å². The number of hydrogen-bond donors (Lipinski definition) is 2. The molecule has 4 heteroatoms. The molecule has 2 rings (SSSR count). The van der Waals surface area contributed by atoms with Gasteiger partial charge in [-0.05, 0) is 18.2 Å². The standard InChI is InChI=1S/C9H9NO3/c10-6-1-2-7-5(3-6)4-8(13-7)9(11)12/h1-5,7H,10H2,(H,11,12). The lowest BCUT2D eigenvalue weighted by Crippen LogP contribution is -2.17. The number of hydrogen-bond acceptors (Lipinski definition) is 3. The maximum Gasteiger partial charge on any atom is 0.370 e. The number of carboxylic acids is 1. The van der Waals surface area contributed by atoms with E-state index < -0.39 is 5.97 Å². The third-order valence-corrected chi connectivity index (χ3v) is 2.06. The Kier molecular flexibility index (Phi) is 1.62. The van der Waals surface area contributed by atoms with E-state index in [1.807, 2.05) is 0 Å². The number of nitrogens with two attached hydrogens (primary N) is 1. The molecule has 1 aliphatic heterocycles. The fraction of sp³-hybridized carbons (Fsp3) is 0.222. The highest BCUT2D eigenvalue weighted by molar-refractivity contribution is 5.85. The minimum atomic E-state index is -1.03. The first-order valence-corrected chi connectivity index (χ1v) is 3.94. The molecule has 2 atom stereocenters. The number of carbonyl (C=O) groups is 1. The van der Waals surface area contributed by atoms with Crippen molar-refractivity contribution < 1.29 is 14.6 Å². The van der Waals surface area contributed by atoms with E-state index in [1.54, 1.807) is 24.3 Å². The molecule has 0 spiro atoms.